The molecule has 1 aliphatic rings. The first kappa shape index (κ1) is 19.2. The monoisotopic (exact) mass is 368 g/mol. The van der Waals surface area contributed by atoms with Crippen molar-refractivity contribution in [3.8, 4) is 5.75 Å². The minimum absolute atomic E-state index is 0.154. The molecule has 5 heteroatoms. The normalized spacial score (nSPS) is 18.7. The van der Waals surface area contributed by atoms with Gasteiger partial charge in [-0.05, 0) is 43.1 Å². The van der Waals surface area contributed by atoms with Crippen LogP contribution in [0.25, 0.3) is 0 Å². The molecule has 2 aromatic carbocycles. The van der Waals surface area contributed by atoms with Gasteiger partial charge in [0.25, 0.3) is 0 Å². The average Bonchev–Trinajstić information content (AvgIpc) is 2.69. The highest BCUT2D eigenvalue weighted by atomic mass is 16.5. The highest BCUT2D eigenvalue weighted by Gasteiger charge is 2.36. The van der Waals surface area contributed by atoms with E-state index in [1.807, 2.05) is 38.4 Å². The molecule has 0 radical (unpaired) electrons. The quantitative estimate of drug-likeness (QED) is 0.841. The number of hydrogen-bond donors (Lipinski definition) is 1. The molecule has 1 aliphatic heterocycles. The third-order valence-corrected chi connectivity index (χ3v) is 5.32. The zero-order chi connectivity index (χ0) is 19.4. The average molecular weight is 368 g/mol. The van der Waals surface area contributed by atoms with E-state index >= 15 is 0 Å². The van der Waals surface area contributed by atoms with Crippen LogP contribution < -0.4 is 9.64 Å². The van der Waals surface area contributed by atoms with Crippen LogP contribution in [0.4, 0.5) is 5.69 Å². The molecule has 1 fully saturated rings. The highest BCUT2D eigenvalue weighted by molar-refractivity contribution is 5.74. The number of piperidine rings is 1. The minimum Gasteiger partial charge on any atom is -0.496 e. The van der Waals surface area contributed by atoms with Crippen LogP contribution in [0.3, 0.4) is 0 Å². The first-order valence-corrected chi connectivity index (χ1v) is 9.41. The van der Waals surface area contributed by atoms with Gasteiger partial charge in [-0.25, -0.2) is 0 Å². The molecular formula is C22H28N2O3. The maximum atomic E-state index is 12.0. The lowest BCUT2D eigenvalue weighted by Gasteiger charge is -2.40. The SMILES string of the molecule is COc1ccccc1C(c1ccc(N(C)C)cc1)N1CCCCC1C(=O)O. The van der Waals surface area contributed by atoms with Crippen molar-refractivity contribution in [3.63, 3.8) is 0 Å². The van der Waals surface area contributed by atoms with Crippen molar-refractivity contribution < 1.29 is 14.6 Å². The van der Waals surface area contributed by atoms with Gasteiger partial charge in [-0.1, -0.05) is 36.8 Å². The predicted octanol–water partition coefficient (Wildman–Crippen LogP) is 3.79. The Bertz CT molecular complexity index is 773. The number of methoxy groups -OCH3 is 1. The number of carboxylic acid groups (broad SMARTS) is 1. The molecule has 1 saturated heterocycles. The lowest BCUT2D eigenvalue weighted by molar-refractivity contribution is -0.145. The van der Waals surface area contributed by atoms with Crippen molar-refractivity contribution >= 4 is 11.7 Å². The van der Waals surface area contributed by atoms with Gasteiger partial charge in [-0.3, -0.25) is 9.69 Å². The van der Waals surface area contributed by atoms with Crippen molar-refractivity contribution in [2.45, 2.75) is 31.3 Å². The van der Waals surface area contributed by atoms with Gasteiger partial charge in [0, 0.05) is 25.3 Å². The van der Waals surface area contributed by atoms with Gasteiger partial charge >= 0.3 is 5.97 Å². The van der Waals surface area contributed by atoms with Crippen LogP contribution >= 0.6 is 0 Å². The standard InChI is InChI=1S/C22H28N2O3/c1-23(2)17-13-11-16(12-14-17)21(18-8-4-5-10-20(18)27-3)24-15-7-6-9-19(24)22(25)26/h4-5,8,10-14,19,21H,6-7,9,15H2,1-3H3,(H,25,26). The van der Waals surface area contributed by atoms with Crippen LogP contribution in [0.1, 0.15) is 36.4 Å². The zero-order valence-corrected chi connectivity index (χ0v) is 16.3. The van der Waals surface area contributed by atoms with Gasteiger partial charge in [0.1, 0.15) is 11.8 Å². The third-order valence-electron chi connectivity index (χ3n) is 5.32. The molecule has 0 saturated carbocycles. The van der Waals surface area contributed by atoms with E-state index in [9.17, 15) is 9.90 Å². The summed E-state index contributed by atoms with van der Waals surface area (Å²) in [5.74, 6) is 0.0356. The number of likely N-dealkylation sites (tertiary alicyclic amines) is 1. The molecule has 0 aliphatic carbocycles. The van der Waals surface area contributed by atoms with Crippen molar-refractivity contribution in [1.82, 2.24) is 4.90 Å². The smallest absolute Gasteiger partial charge is 0.320 e. The number of nitrogens with zero attached hydrogens (tertiary/aromatic N) is 2. The number of carbonyl (C=O) groups is 1. The van der Waals surface area contributed by atoms with Crippen LogP contribution in [-0.2, 0) is 4.79 Å². The first-order valence-electron chi connectivity index (χ1n) is 9.41. The van der Waals surface area contributed by atoms with Gasteiger partial charge in [-0.2, -0.15) is 0 Å². The van der Waals surface area contributed by atoms with E-state index in [1.165, 1.54) is 0 Å². The Morgan fingerprint density at radius 3 is 2.48 bits per heavy atom. The fraction of sp³-hybridized carbons (Fsp3) is 0.409. The molecule has 5 nitrogen and oxygen atoms in total. The van der Waals surface area contributed by atoms with E-state index in [0.29, 0.717) is 6.42 Å². The molecule has 0 aromatic heterocycles. The predicted molar refractivity (Wildman–Crippen MR) is 108 cm³/mol. The number of anilines is 1. The molecule has 0 amide bonds. The van der Waals surface area contributed by atoms with Gasteiger partial charge in [0.2, 0.25) is 0 Å². The molecule has 0 spiro atoms. The summed E-state index contributed by atoms with van der Waals surface area (Å²) >= 11 is 0. The van der Waals surface area contributed by atoms with E-state index in [2.05, 4.69) is 34.1 Å². The Hall–Kier alpha value is -2.53. The van der Waals surface area contributed by atoms with Gasteiger partial charge in [0.15, 0.2) is 0 Å². The number of para-hydroxylation sites is 1. The summed E-state index contributed by atoms with van der Waals surface area (Å²) in [7, 11) is 5.69. The van der Waals surface area contributed by atoms with E-state index in [1.54, 1.807) is 7.11 Å². The van der Waals surface area contributed by atoms with Crippen LogP contribution in [-0.4, -0.2) is 49.8 Å². The second-order valence-electron chi connectivity index (χ2n) is 7.22. The maximum Gasteiger partial charge on any atom is 0.320 e. The fourth-order valence-electron chi connectivity index (χ4n) is 3.92. The van der Waals surface area contributed by atoms with Crippen molar-refractivity contribution in [1.29, 1.82) is 0 Å². The fourth-order valence-corrected chi connectivity index (χ4v) is 3.92. The molecule has 2 atom stereocenters. The molecule has 3 rings (SSSR count). The Labute approximate surface area is 161 Å². The van der Waals surface area contributed by atoms with Crippen LogP contribution in [0.15, 0.2) is 48.5 Å². The van der Waals surface area contributed by atoms with Crippen molar-refractivity contribution in [2.75, 3.05) is 32.6 Å². The van der Waals surface area contributed by atoms with Crippen LogP contribution in [0.5, 0.6) is 5.75 Å². The summed E-state index contributed by atoms with van der Waals surface area (Å²) in [5, 5.41) is 9.82. The summed E-state index contributed by atoms with van der Waals surface area (Å²) in [6.07, 6.45) is 2.63. The van der Waals surface area contributed by atoms with E-state index < -0.39 is 12.0 Å². The second kappa shape index (κ2) is 8.44. The van der Waals surface area contributed by atoms with Gasteiger partial charge in [0.05, 0.1) is 13.2 Å². The summed E-state index contributed by atoms with van der Waals surface area (Å²) in [6.45, 7) is 0.759. The van der Waals surface area contributed by atoms with E-state index in [4.69, 9.17) is 4.74 Å². The van der Waals surface area contributed by atoms with Crippen LogP contribution in [0.2, 0.25) is 0 Å². The molecule has 1 heterocycles. The Balaban J connectivity index is 2.09. The molecule has 2 unspecified atom stereocenters. The lowest BCUT2D eigenvalue weighted by atomic mass is 9.91. The molecule has 144 valence electrons. The maximum absolute atomic E-state index is 12.0. The Morgan fingerprint density at radius 1 is 1.15 bits per heavy atom. The second-order valence-corrected chi connectivity index (χ2v) is 7.22. The van der Waals surface area contributed by atoms with Crippen molar-refractivity contribution in [3.05, 3.63) is 59.7 Å². The molecule has 1 N–H and O–H groups in total. The Morgan fingerprint density at radius 2 is 1.85 bits per heavy atom. The summed E-state index contributed by atoms with van der Waals surface area (Å²) < 4.78 is 5.61. The zero-order valence-electron chi connectivity index (χ0n) is 16.3. The largest absolute Gasteiger partial charge is 0.496 e. The molecule has 2 aromatic rings. The third kappa shape index (κ3) is 4.08. The number of hydrogen-bond acceptors (Lipinski definition) is 4. The summed E-state index contributed by atoms with van der Waals surface area (Å²) in [6, 6.07) is 15.6. The Kier molecular flexibility index (Phi) is 6.01. The summed E-state index contributed by atoms with van der Waals surface area (Å²) in [5.41, 5.74) is 3.20. The van der Waals surface area contributed by atoms with Crippen LogP contribution in [0, 0.1) is 0 Å². The van der Waals surface area contributed by atoms with Gasteiger partial charge < -0.3 is 14.7 Å². The number of aliphatic carboxylic acids is 1. The summed E-state index contributed by atoms with van der Waals surface area (Å²) in [4.78, 5) is 16.1. The molecule has 0 bridgehead atoms. The molecule has 27 heavy (non-hydrogen) atoms. The number of rotatable bonds is 6. The number of carboxylic acids is 1. The van der Waals surface area contributed by atoms with Crippen molar-refractivity contribution in [2.24, 2.45) is 0 Å². The lowest BCUT2D eigenvalue weighted by Crippen LogP contribution is -2.46. The molecular weight excluding hydrogens is 340 g/mol. The first-order chi connectivity index (χ1) is 13.0. The van der Waals surface area contributed by atoms with E-state index in [-0.39, 0.29) is 6.04 Å². The van der Waals surface area contributed by atoms with E-state index in [0.717, 1.165) is 42.0 Å². The minimum atomic E-state index is -0.750. The highest BCUT2D eigenvalue weighted by Crippen LogP contribution is 2.38. The number of benzene rings is 2. The topological polar surface area (TPSA) is 53.0 Å². The number of ether oxygens (including phenoxy) is 1. The van der Waals surface area contributed by atoms with Gasteiger partial charge in [-0.15, -0.1) is 0 Å².